The summed E-state index contributed by atoms with van der Waals surface area (Å²) in [5.74, 6) is 0.747. The monoisotopic (exact) mass is 524 g/mol. The molecule has 0 saturated heterocycles. The number of rotatable bonds is 6. The van der Waals surface area contributed by atoms with E-state index >= 15 is 0 Å². The molecule has 2 aromatic heterocycles. The summed E-state index contributed by atoms with van der Waals surface area (Å²) < 4.78 is 3.97. The summed E-state index contributed by atoms with van der Waals surface area (Å²) in [6.07, 6.45) is 7.15. The minimum Gasteiger partial charge on any atom is -0.357 e. The highest BCUT2D eigenvalue weighted by Gasteiger charge is 2.17. The van der Waals surface area contributed by atoms with Gasteiger partial charge in [0.1, 0.15) is 5.15 Å². The first-order chi connectivity index (χ1) is 12.6. The maximum absolute atomic E-state index is 6.12. The molecule has 6 nitrogen and oxygen atoms in total. The molecule has 0 bridgehead atoms. The fourth-order valence-corrected chi connectivity index (χ4v) is 3.68. The largest absolute Gasteiger partial charge is 0.357 e. The van der Waals surface area contributed by atoms with E-state index in [2.05, 4.69) is 37.7 Å². The molecule has 9 heteroatoms. The van der Waals surface area contributed by atoms with Gasteiger partial charge in [0.15, 0.2) is 5.96 Å². The molecule has 2 heterocycles. The molecule has 1 aliphatic carbocycles. The third kappa shape index (κ3) is 5.77. The zero-order valence-electron chi connectivity index (χ0n) is 15.7. The van der Waals surface area contributed by atoms with Gasteiger partial charge in [-0.3, -0.25) is 4.68 Å². The number of aliphatic imine (C=N–C) groups is 1. The molecule has 0 aliphatic heterocycles. The van der Waals surface area contributed by atoms with Crippen LogP contribution in [0.4, 0.5) is 0 Å². The molecule has 0 radical (unpaired) electrons. The number of nitrogens with zero attached hydrogens (tertiary/aromatic N) is 4. The number of nitrogens with one attached hydrogen (secondary N) is 2. The van der Waals surface area contributed by atoms with Gasteiger partial charge in [-0.1, -0.05) is 36.0 Å². The standard InChI is InChI=1S/C18H26Cl2N6.HI/c1-3-21-18(23-12-15-10-16(19)17(20)25(15)2)22-11-13-8-9-26(24-13)14-6-4-5-7-14;/h8-10,14H,3-7,11-12H2,1-2H3,(H2,21,22,23);1H. The van der Waals surface area contributed by atoms with E-state index in [1.165, 1.54) is 25.7 Å². The highest BCUT2D eigenvalue weighted by molar-refractivity contribution is 14.0. The summed E-state index contributed by atoms with van der Waals surface area (Å²) in [6.45, 7) is 3.97. The van der Waals surface area contributed by atoms with Gasteiger partial charge in [0.25, 0.3) is 0 Å². The van der Waals surface area contributed by atoms with Gasteiger partial charge in [0, 0.05) is 25.5 Å². The fourth-order valence-electron chi connectivity index (χ4n) is 3.27. The normalized spacial score (nSPS) is 15.0. The van der Waals surface area contributed by atoms with E-state index in [0.29, 0.717) is 29.3 Å². The van der Waals surface area contributed by atoms with Crippen molar-refractivity contribution in [2.45, 2.75) is 51.7 Å². The van der Waals surface area contributed by atoms with E-state index in [4.69, 9.17) is 23.2 Å². The summed E-state index contributed by atoms with van der Waals surface area (Å²) in [4.78, 5) is 4.64. The Morgan fingerprint density at radius 1 is 1.30 bits per heavy atom. The number of guanidine groups is 1. The van der Waals surface area contributed by atoms with Crippen molar-refractivity contribution in [1.82, 2.24) is 25.0 Å². The molecule has 0 unspecified atom stereocenters. The predicted molar refractivity (Wildman–Crippen MR) is 122 cm³/mol. The van der Waals surface area contributed by atoms with Gasteiger partial charge >= 0.3 is 0 Å². The van der Waals surface area contributed by atoms with Crippen LogP contribution in [0.5, 0.6) is 0 Å². The summed E-state index contributed by atoms with van der Waals surface area (Å²) in [5, 5.41) is 12.4. The lowest BCUT2D eigenvalue weighted by molar-refractivity contribution is 0.463. The van der Waals surface area contributed by atoms with Crippen LogP contribution in [0.25, 0.3) is 0 Å². The molecule has 0 aromatic carbocycles. The molecular weight excluding hydrogens is 498 g/mol. The van der Waals surface area contributed by atoms with Gasteiger partial charge in [-0.25, -0.2) is 4.99 Å². The van der Waals surface area contributed by atoms with Crippen molar-refractivity contribution in [3.8, 4) is 0 Å². The fraction of sp³-hybridized carbons (Fsp3) is 0.556. The van der Waals surface area contributed by atoms with Crippen LogP contribution in [0.1, 0.15) is 50.0 Å². The Kier molecular flexibility index (Phi) is 8.75. The SMILES string of the molecule is CCNC(=NCc1ccn(C2CCCC2)n1)NCc1cc(Cl)c(Cl)n1C.I. The lowest BCUT2D eigenvalue weighted by Crippen LogP contribution is -2.37. The third-order valence-electron chi connectivity index (χ3n) is 4.76. The van der Waals surface area contributed by atoms with Gasteiger partial charge in [0.2, 0.25) is 0 Å². The first-order valence-electron chi connectivity index (χ1n) is 9.14. The van der Waals surface area contributed by atoms with E-state index in [9.17, 15) is 0 Å². The summed E-state index contributed by atoms with van der Waals surface area (Å²) in [6, 6.07) is 4.48. The summed E-state index contributed by atoms with van der Waals surface area (Å²) in [7, 11) is 1.89. The molecular formula is C18H27Cl2IN6. The number of aromatic nitrogens is 3. The molecule has 1 saturated carbocycles. The number of hydrogen-bond donors (Lipinski definition) is 2. The van der Waals surface area contributed by atoms with E-state index in [0.717, 1.165) is 23.9 Å². The molecule has 2 aromatic rings. The van der Waals surface area contributed by atoms with Crippen molar-refractivity contribution in [3.05, 3.63) is 39.9 Å². The maximum Gasteiger partial charge on any atom is 0.191 e. The molecule has 1 fully saturated rings. The van der Waals surface area contributed by atoms with Gasteiger partial charge in [-0.15, -0.1) is 24.0 Å². The molecule has 1 aliphatic rings. The van der Waals surface area contributed by atoms with Gasteiger partial charge < -0.3 is 15.2 Å². The molecule has 0 spiro atoms. The highest BCUT2D eigenvalue weighted by Crippen LogP contribution is 2.28. The first-order valence-corrected chi connectivity index (χ1v) is 9.90. The lowest BCUT2D eigenvalue weighted by Gasteiger charge is -2.12. The van der Waals surface area contributed by atoms with Crippen LogP contribution in [0.3, 0.4) is 0 Å². The first kappa shape index (κ1) is 22.4. The summed E-state index contributed by atoms with van der Waals surface area (Å²) in [5.41, 5.74) is 1.98. The smallest absolute Gasteiger partial charge is 0.191 e. The average molecular weight is 525 g/mol. The molecule has 0 amide bonds. The lowest BCUT2D eigenvalue weighted by atomic mass is 10.3. The number of halogens is 3. The quantitative estimate of drug-likeness (QED) is 0.332. The van der Waals surface area contributed by atoms with Gasteiger partial charge in [-0.2, -0.15) is 5.10 Å². The minimum atomic E-state index is 0. The average Bonchev–Trinajstić information content (AvgIpc) is 3.36. The molecule has 2 N–H and O–H groups in total. The second-order valence-electron chi connectivity index (χ2n) is 6.61. The Labute approximate surface area is 187 Å². The van der Waals surface area contributed by atoms with Crippen LogP contribution in [-0.2, 0) is 20.1 Å². The molecule has 0 atom stereocenters. The Hall–Kier alpha value is -0.930. The van der Waals surface area contributed by atoms with Crippen LogP contribution in [0, 0.1) is 0 Å². The molecule has 27 heavy (non-hydrogen) atoms. The zero-order valence-corrected chi connectivity index (χ0v) is 19.6. The second kappa shape index (κ2) is 10.6. The van der Waals surface area contributed by atoms with E-state index in [-0.39, 0.29) is 24.0 Å². The van der Waals surface area contributed by atoms with Crippen molar-refractivity contribution in [1.29, 1.82) is 0 Å². The Morgan fingerprint density at radius 2 is 2.04 bits per heavy atom. The van der Waals surface area contributed by atoms with Crippen LogP contribution in [0.15, 0.2) is 23.3 Å². The zero-order chi connectivity index (χ0) is 18.5. The minimum absolute atomic E-state index is 0. The van der Waals surface area contributed by atoms with Gasteiger partial charge in [-0.05, 0) is 31.9 Å². The molecule has 150 valence electrons. The van der Waals surface area contributed by atoms with Crippen LogP contribution >= 0.6 is 47.2 Å². The number of hydrogen-bond acceptors (Lipinski definition) is 2. The van der Waals surface area contributed by atoms with E-state index in [1.807, 2.05) is 24.6 Å². The topological polar surface area (TPSA) is 59.2 Å². The predicted octanol–water partition coefficient (Wildman–Crippen LogP) is 4.52. The second-order valence-corrected chi connectivity index (χ2v) is 7.37. The van der Waals surface area contributed by atoms with E-state index < -0.39 is 0 Å². The van der Waals surface area contributed by atoms with Crippen molar-refractivity contribution < 1.29 is 0 Å². The van der Waals surface area contributed by atoms with Crippen LogP contribution in [-0.4, -0.2) is 26.9 Å². The van der Waals surface area contributed by atoms with Gasteiger partial charge in [0.05, 0.1) is 29.8 Å². The van der Waals surface area contributed by atoms with Crippen molar-refractivity contribution in [2.24, 2.45) is 12.0 Å². The van der Waals surface area contributed by atoms with Crippen molar-refractivity contribution in [3.63, 3.8) is 0 Å². The van der Waals surface area contributed by atoms with Crippen LogP contribution in [0.2, 0.25) is 10.2 Å². The Bertz CT molecular complexity index is 764. The third-order valence-corrected chi connectivity index (χ3v) is 5.60. The summed E-state index contributed by atoms with van der Waals surface area (Å²) >= 11 is 12.2. The van der Waals surface area contributed by atoms with E-state index in [1.54, 1.807) is 0 Å². The maximum atomic E-state index is 6.12. The molecule has 3 rings (SSSR count). The highest BCUT2D eigenvalue weighted by atomic mass is 127. The Morgan fingerprint density at radius 3 is 2.67 bits per heavy atom. The van der Waals surface area contributed by atoms with Crippen molar-refractivity contribution >= 4 is 53.1 Å². The van der Waals surface area contributed by atoms with Crippen LogP contribution < -0.4 is 10.6 Å². The Balaban J connectivity index is 0.00000261. The van der Waals surface area contributed by atoms with Crippen molar-refractivity contribution in [2.75, 3.05) is 6.54 Å².